The van der Waals surface area contributed by atoms with E-state index in [1.165, 1.54) is 11.3 Å². The lowest BCUT2D eigenvalue weighted by Gasteiger charge is -2.36. The molecule has 1 aliphatic heterocycles. The molecule has 5 heteroatoms. The minimum Gasteiger partial charge on any atom is -0.369 e. The molecule has 0 saturated carbocycles. The van der Waals surface area contributed by atoms with Crippen LogP contribution in [0.5, 0.6) is 0 Å². The van der Waals surface area contributed by atoms with Crippen molar-refractivity contribution in [2.75, 3.05) is 44.2 Å². The molecule has 2 aromatic rings. The molecule has 1 heterocycles. The van der Waals surface area contributed by atoms with Gasteiger partial charge in [-0.2, -0.15) is 0 Å². The molecule has 0 spiro atoms. The molecule has 0 radical (unpaired) electrons. The Kier molecular flexibility index (Phi) is 6.97. The molecule has 0 unspecified atom stereocenters. The molecule has 1 saturated heterocycles. The van der Waals surface area contributed by atoms with Gasteiger partial charge >= 0.3 is 0 Å². The summed E-state index contributed by atoms with van der Waals surface area (Å²) in [6, 6.07) is 12.2. The van der Waals surface area contributed by atoms with Gasteiger partial charge in [-0.3, -0.25) is 9.69 Å². The molecule has 1 fully saturated rings. The molecule has 28 heavy (non-hydrogen) atoms. The summed E-state index contributed by atoms with van der Waals surface area (Å²) in [6.07, 6.45) is 0.969. The molecule has 0 atom stereocenters. The summed E-state index contributed by atoms with van der Waals surface area (Å²) in [4.78, 5) is 17.4. The molecular weight excluding hydrogens is 370 g/mol. The zero-order valence-electron chi connectivity index (χ0n) is 17.1. The summed E-state index contributed by atoms with van der Waals surface area (Å²) < 4.78 is 0. The highest BCUT2D eigenvalue weighted by molar-refractivity contribution is 6.30. The van der Waals surface area contributed by atoms with Crippen LogP contribution in [-0.4, -0.2) is 50.1 Å². The summed E-state index contributed by atoms with van der Waals surface area (Å²) in [7, 11) is 0. The maximum Gasteiger partial charge on any atom is 0.251 e. The van der Waals surface area contributed by atoms with Crippen LogP contribution in [0.2, 0.25) is 5.02 Å². The van der Waals surface area contributed by atoms with Gasteiger partial charge in [0, 0.05) is 49.0 Å². The second-order valence-electron chi connectivity index (χ2n) is 7.69. The molecule has 4 nitrogen and oxygen atoms in total. The van der Waals surface area contributed by atoms with Crippen LogP contribution in [-0.2, 0) is 0 Å². The van der Waals surface area contributed by atoms with Crippen molar-refractivity contribution in [3.05, 3.63) is 63.7 Å². The Morgan fingerprint density at radius 1 is 1.00 bits per heavy atom. The number of benzene rings is 2. The predicted molar refractivity (Wildman–Crippen MR) is 118 cm³/mol. The van der Waals surface area contributed by atoms with Gasteiger partial charge in [0.05, 0.1) is 0 Å². The number of amides is 1. The number of nitrogens with zero attached hydrogens (tertiary/aromatic N) is 2. The number of nitrogens with one attached hydrogen (secondary N) is 1. The maximum absolute atomic E-state index is 12.5. The number of anilines is 1. The van der Waals surface area contributed by atoms with Crippen LogP contribution in [0, 0.1) is 20.8 Å². The van der Waals surface area contributed by atoms with E-state index in [4.69, 9.17) is 11.6 Å². The Bertz CT molecular complexity index is 788. The Balaban J connectivity index is 1.39. The molecule has 2 aromatic carbocycles. The summed E-state index contributed by atoms with van der Waals surface area (Å²) in [5, 5.41) is 3.87. The molecule has 0 aliphatic carbocycles. The lowest BCUT2D eigenvalue weighted by atomic mass is 9.99. The summed E-state index contributed by atoms with van der Waals surface area (Å²) in [5.74, 6) is 0.0440. The number of carbonyl (C=O) groups is 1. The van der Waals surface area contributed by atoms with Gasteiger partial charge in [-0.05, 0) is 69.1 Å². The van der Waals surface area contributed by atoms with E-state index in [0.29, 0.717) is 6.54 Å². The number of hydrogen-bond acceptors (Lipinski definition) is 3. The molecule has 0 bridgehead atoms. The fourth-order valence-electron chi connectivity index (χ4n) is 4.01. The first-order chi connectivity index (χ1) is 13.4. The lowest BCUT2D eigenvalue weighted by molar-refractivity contribution is 0.0950. The number of piperazine rings is 1. The van der Waals surface area contributed by atoms with E-state index in [9.17, 15) is 4.79 Å². The van der Waals surface area contributed by atoms with Crippen molar-refractivity contribution in [3.63, 3.8) is 0 Å². The monoisotopic (exact) mass is 399 g/mol. The number of halogens is 1. The van der Waals surface area contributed by atoms with Crippen molar-refractivity contribution < 1.29 is 4.79 Å². The number of rotatable bonds is 6. The van der Waals surface area contributed by atoms with Crippen LogP contribution >= 0.6 is 11.6 Å². The van der Waals surface area contributed by atoms with Gasteiger partial charge in [-0.25, -0.2) is 0 Å². The SMILES string of the molecule is Cc1cc(C)c(C(=O)NCCCN2CCN(c3ccc(Cl)cc3)CC2)c(C)c1. The standard InChI is InChI=1S/C23H30ClN3O/c1-17-15-18(2)22(19(3)16-17)23(28)25-9-4-10-26-11-13-27(14-12-26)21-7-5-20(24)6-8-21/h5-8,15-16H,4,9-14H2,1-3H3,(H,25,28). The lowest BCUT2D eigenvalue weighted by Crippen LogP contribution is -2.47. The first-order valence-electron chi connectivity index (χ1n) is 10.0. The van der Waals surface area contributed by atoms with Crippen molar-refractivity contribution in [1.82, 2.24) is 10.2 Å². The van der Waals surface area contributed by atoms with Gasteiger partial charge in [-0.1, -0.05) is 29.3 Å². The molecule has 3 rings (SSSR count). The van der Waals surface area contributed by atoms with E-state index >= 15 is 0 Å². The van der Waals surface area contributed by atoms with Crippen LogP contribution in [0.1, 0.15) is 33.5 Å². The quantitative estimate of drug-likeness (QED) is 0.739. The topological polar surface area (TPSA) is 35.6 Å². The van der Waals surface area contributed by atoms with E-state index in [1.54, 1.807) is 0 Å². The van der Waals surface area contributed by atoms with E-state index in [-0.39, 0.29) is 5.91 Å². The third-order valence-electron chi connectivity index (χ3n) is 5.40. The van der Waals surface area contributed by atoms with Gasteiger partial charge in [-0.15, -0.1) is 0 Å². The van der Waals surface area contributed by atoms with Crippen LogP contribution in [0.15, 0.2) is 36.4 Å². The van der Waals surface area contributed by atoms with E-state index < -0.39 is 0 Å². The van der Waals surface area contributed by atoms with Crippen LogP contribution in [0.4, 0.5) is 5.69 Å². The van der Waals surface area contributed by atoms with Gasteiger partial charge in [0.15, 0.2) is 0 Å². The summed E-state index contributed by atoms with van der Waals surface area (Å²) >= 11 is 5.97. The third-order valence-corrected chi connectivity index (χ3v) is 5.66. The predicted octanol–water partition coefficient (Wildman–Crippen LogP) is 4.21. The van der Waals surface area contributed by atoms with Crippen LogP contribution < -0.4 is 10.2 Å². The Labute approximate surface area is 173 Å². The fourth-order valence-corrected chi connectivity index (χ4v) is 4.14. The van der Waals surface area contributed by atoms with Crippen molar-refractivity contribution in [2.24, 2.45) is 0 Å². The minimum atomic E-state index is 0.0440. The van der Waals surface area contributed by atoms with Gasteiger partial charge in [0.25, 0.3) is 5.91 Å². The van der Waals surface area contributed by atoms with Crippen molar-refractivity contribution in [2.45, 2.75) is 27.2 Å². The highest BCUT2D eigenvalue weighted by Crippen LogP contribution is 2.19. The van der Waals surface area contributed by atoms with Crippen molar-refractivity contribution in [1.29, 1.82) is 0 Å². The number of hydrogen-bond donors (Lipinski definition) is 1. The average molecular weight is 400 g/mol. The second-order valence-corrected chi connectivity index (χ2v) is 8.12. The van der Waals surface area contributed by atoms with Crippen molar-refractivity contribution in [3.8, 4) is 0 Å². The summed E-state index contributed by atoms with van der Waals surface area (Å²) in [6.45, 7) is 12.0. The maximum atomic E-state index is 12.5. The molecule has 1 N–H and O–H groups in total. The molecular formula is C23H30ClN3O. The van der Waals surface area contributed by atoms with E-state index in [2.05, 4.69) is 46.3 Å². The Morgan fingerprint density at radius 3 is 2.21 bits per heavy atom. The average Bonchev–Trinajstić information content (AvgIpc) is 2.65. The normalized spacial score (nSPS) is 14.9. The smallest absolute Gasteiger partial charge is 0.251 e. The van der Waals surface area contributed by atoms with Crippen molar-refractivity contribution >= 4 is 23.2 Å². The zero-order chi connectivity index (χ0) is 20.1. The largest absolute Gasteiger partial charge is 0.369 e. The number of carbonyl (C=O) groups excluding carboxylic acids is 1. The van der Waals surface area contributed by atoms with Gasteiger partial charge in [0.1, 0.15) is 0 Å². The highest BCUT2D eigenvalue weighted by Gasteiger charge is 2.17. The molecule has 0 aromatic heterocycles. The molecule has 1 amide bonds. The molecule has 150 valence electrons. The van der Waals surface area contributed by atoms with Crippen LogP contribution in [0.25, 0.3) is 0 Å². The van der Waals surface area contributed by atoms with Gasteiger partial charge in [0.2, 0.25) is 0 Å². The highest BCUT2D eigenvalue weighted by atomic mass is 35.5. The second kappa shape index (κ2) is 9.44. The molecule has 1 aliphatic rings. The summed E-state index contributed by atoms with van der Waals surface area (Å²) in [5.41, 5.74) is 5.35. The zero-order valence-corrected chi connectivity index (χ0v) is 17.9. The Morgan fingerprint density at radius 2 is 1.61 bits per heavy atom. The van der Waals surface area contributed by atoms with E-state index in [0.717, 1.165) is 60.9 Å². The number of aryl methyl sites for hydroxylation is 3. The van der Waals surface area contributed by atoms with Gasteiger partial charge < -0.3 is 10.2 Å². The first-order valence-corrected chi connectivity index (χ1v) is 10.4. The Hall–Kier alpha value is -2.04. The first kappa shape index (κ1) is 20.7. The third kappa shape index (κ3) is 5.27. The fraction of sp³-hybridized carbons (Fsp3) is 0.435. The minimum absolute atomic E-state index is 0.0440. The van der Waals surface area contributed by atoms with E-state index in [1.807, 2.05) is 26.0 Å². The van der Waals surface area contributed by atoms with Crippen LogP contribution in [0.3, 0.4) is 0 Å².